The summed E-state index contributed by atoms with van der Waals surface area (Å²) in [5, 5.41) is 8.90. The summed E-state index contributed by atoms with van der Waals surface area (Å²) < 4.78 is 17.6. The van der Waals surface area contributed by atoms with Crippen LogP contribution in [0.15, 0.2) is 54.6 Å². The van der Waals surface area contributed by atoms with Crippen LogP contribution in [0.3, 0.4) is 0 Å². The molecular formula is C22H23NO4. The first-order valence-electron chi connectivity index (χ1n) is 8.88. The minimum atomic E-state index is -1.22. The van der Waals surface area contributed by atoms with E-state index in [2.05, 4.69) is 6.07 Å². The number of nitrogens with zero attached hydrogens (tertiary/aromatic N) is 1. The van der Waals surface area contributed by atoms with Gasteiger partial charge in [0.25, 0.3) is 0 Å². The molecular weight excluding hydrogens is 342 g/mol. The summed E-state index contributed by atoms with van der Waals surface area (Å²) in [5.74, 6) is 0.150. The van der Waals surface area contributed by atoms with Gasteiger partial charge in [0.2, 0.25) is 11.9 Å². The lowest BCUT2D eigenvalue weighted by molar-refractivity contribution is -0.157. The van der Waals surface area contributed by atoms with E-state index in [9.17, 15) is 4.79 Å². The third kappa shape index (κ3) is 4.29. The Morgan fingerprint density at radius 3 is 2.33 bits per heavy atom. The summed E-state index contributed by atoms with van der Waals surface area (Å²) in [5.41, 5.74) is -0.0476. The Morgan fingerprint density at radius 2 is 1.78 bits per heavy atom. The minimum absolute atomic E-state index is 0.0270. The summed E-state index contributed by atoms with van der Waals surface area (Å²) in [7, 11) is 0. The highest BCUT2D eigenvalue weighted by Gasteiger charge is 2.54. The number of esters is 1. The first-order valence-corrected chi connectivity index (χ1v) is 8.88. The van der Waals surface area contributed by atoms with Crippen LogP contribution < -0.4 is 4.74 Å². The fraction of sp³-hybridized carbons (Fsp3) is 0.364. The second kappa shape index (κ2) is 7.42. The van der Waals surface area contributed by atoms with Crippen molar-refractivity contribution in [2.45, 2.75) is 39.1 Å². The van der Waals surface area contributed by atoms with Gasteiger partial charge in [0, 0.05) is 11.8 Å². The molecule has 140 valence electrons. The smallest absolute Gasteiger partial charge is 0.344 e. The number of nitriles is 1. The molecule has 0 aromatic heterocycles. The number of benzene rings is 2. The monoisotopic (exact) mass is 365 g/mol. The average Bonchev–Trinajstić information content (AvgIpc) is 2.98. The fourth-order valence-electron chi connectivity index (χ4n) is 2.84. The van der Waals surface area contributed by atoms with Crippen molar-refractivity contribution in [1.29, 1.82) is 5.26 Å². The van der Waals surface area contributed by atoms with Gasteiger partial charge in [-0.05, 0) is 29.8 Å². The zero-order valence-electron chi connectivity index (χ0n) is 15.8. The molecule has 2 atom stereocenters. The van der Waals surface area contributed by atoms with Gasteiger partial charge in [0.1, 0.15) is 12.4 Å². The van der Waals surface area contributed by atoms with Gasteiger partial charge in [-0.15, -0.1) is 0 Å². The third-order valence-corrected chi connectivity index (χ3v) is 4.41. The zero-order chi connectivity index (χ0) is 19.5. The predicted molar refractivity (Wildman–Crippen MR) is 99.9 cm³/mol. The Labute approximate surface area is 159 Å². The van der Waals surface area contributed by atoms with E-state index in [4.69, 9.17) is 19.5 Å². The van der Waals surface area contributed by atoms with E-state index in [1.54, 1.807) is 24.3 Å². The van der Waals surface area contributed by atoms with E-state index in [1.165, 1.54) is 0 Å². The SMILES string of the molecule is CC(C)(C)[C@@H]1OC(=O)[C@@](COc2ccc(C#N)cc2)(Cc2ccccc2)O1. The maximum Gasteiger partial charge on any atom is 0.344 e. The standard InChI is InChI=1S/C22H23NO4/c1-21(2,3)20-26-19(24)22(27-20,13-16-7-5-4-6-8-16)15-25-18-11-9-17(14-23)10-12-18/h4-12,20H,13,15H2,1-3H3/t20-,22+/m1/s1. The maximum atomic E-state index is 12.8. The van der Waals surface area contributed by atoms with E-state index in [0.29, 0.717) is 17.7 Å². The lowest BCUT2D eigenvalue weighted by Crippen LogP contribution is -2.45. The molecule has 0 aliphatic carbocycles. The number of carbonyl (C=O) groups excluding carboxylic acids is 1. The number of ether oxygens (including phenoxy) is 3. The number of rotatable bonds is 5. The molecule has 1 heterocycles. The van der Waals surface area contributed by atoms with Crippen molar-refractivity contribution in [3.05, 3.63) is 65.7 Å². The van der Waals surface area contributed by atoms with Gasteiger partial charge in [0.15, 0.2) is 0 Å². The van der Waals surface area contributed by atoms with Crippen LogP contribution in [0.4, 0.5) is 0 Å². The molecule has 0 radical (unpaired) electrons. The third-order valence-electron chi connectivity index (χ3n) is 4.41. The molecule has 0 spiro atoms. The predicted octanol–water partition coefficient (Wildman–Crippen LogP) is 3.86. The van der Waals surface area contributed by atoms with Crippen LogP contribution in [0, 0.1) is 16.7 Å². The first-order chi connectivity index (χ1) is 12.8. The molecule has 0 saturated carbocycles. The second-order valence-electron chi connectivity index (χ2n) is 7.80. The maximum absolute atomic E-state index is 12.8. The molecule has 0 bridgehead atoms. The first kappa shape index (κ1) is 18.9. The lowest BCUT2D eigenvalue weighted by atomic mass is 9.94. The van der Waals surface area contributed by atoms with Crippen molar-refractivity contribution in [2.75, 3.05) is 6.61 Å². The normalized spacial score (nSPS) is 22.1. The Morgan fingerprint density at radius 1 is 1.11 bits per heavy atom. The van der Waals surface area contributed by atoms with Crippen molar-refractivity contribution in [2.24, 2.45) is 5.41 Å². The minimum Gasteiger partial charge on any atom is -0.490 e. The van der Waals surface area contributed by atoms with Crippen LogP contribution in [0.1, 0.15) is 31.9 Å². The molecule has 5 nitrogen and oxygen atoms in total. The Kier molecular flexibility index (Phi) is 5.20. The van der Waals surface area contributed by atoms with Crippen LogP contribution in [-0.2, 0) is 20.7 Å². The summed E-state index contributed by atoms with van der Waals surface area (Å²) in [6, 6.07) is 18.5. The molecule has 3 rings (SSSR count). The zero-order valence-corrected chi connectivity index (χ0v) is 15.8. The molecule has 1 aliphatic rings. The van der Waals surface area contributed by atoms with E-state index in [0.717, 1.165) is 5.56 Å². The summed E-state index contributed by atoms with van der Waals surface area (Å²) in [6.07, 6.45) is -0.284. The highest BCUT2D eigenvalue weighted by molar-refractivity contribution is 5.82. The van der Waals surface area contributed by atoms with Gasteiger partial charge < -0.3 is 14.2 Å². The Bertz CT molecular complexity index is 833. The van der Waals surface area contributed by atoms with Gasteiger partial charge in [-0.25, -0.2) is 4.79 Å². The van der Waals surface area contributed by atoms with Gasteiger partial charge >= 0.3 is 5.97 Å². The Balaban J connectivity index is 1.83. The van der Waals surface area contributed by atoms with Crippen molar-refractivity contribution < 1.29 is 19.0 Å². The van der Waals surface area contributed by atoms with Crippen LogP contribution in [-0.4, -0.2) is 24.5 Å². The number of hydrogen-bond donors (Lipinski definition) is 0. The molecule has 5 heteroatoms. The highest BCUT2D eigenvalue weighted by Crippen LogP contribution is 2.37. The molecule has 1 fully saturated rings. The second-order valence-corrected chi connectivity index (χ2v) is 7.80. The topological polar surface area (TPSA) is 68.5 Å². The van der Waals surface area contributed by atoms with Gasteiger partial charge in [-0.2, -0.15) is 5.26 Å². The van der Waals surface area contributed by atoms with Crippen LogP contribution in [0.5, 0.6) is 5.75 Å². The molecule has 0 N–H and O–H groups in total. The van der Waals surface area contributed by atoms with E-state index < -0.39 is 17.9 Å². The van der Waals surface area contributed by atoms with Crippen molar-refractivity contribution in [3.63, 3.8) is 0 Å². The fourth-order valence-corrected chi connectivity index (χ4v) is 2.84. The molecule has 0 unspecified atom stereocenters. The largest absolute Gasteiger partial charge is 0.490 e. The molecule has 0 amide bonds. The van der Waals surface area contributed by atoms with E-state index >= 15 is 0 Å². The van der Waals surface area contributed by atoms with Crippen molar-refractivity contribution >= 4 is 5.97 Å². The van der Waals surface area contributed by atoms with Crippen LogP contribution >= 0.6 is 0 Å². The van der Waals surface area contributed by atoms with Crippen molar-refractivity contribution in [3.8, 4) is 11.8 Å². The van der Waals surface area contributed by atoms with E-state index in [-0.39, 0.29) is 12.0 Å². The van der Waals surface area contributed by atoms with Crippen molar-refractivity contribution in [1.82, 2.24) is 0 Å². The van der Waals surface area contributed by atoms with Gasteiger partial charge in [0.05, 0.1) is 11.6 Å². The molecule has 2 aromatic carbocycles. The summed E-state index contributed by atoms with van der Waals surface area (Å²) in [4.78, 5) is 12.8. The highest BCUT2D eigenvalue weighted by atomic mass is 16.8. The summed E-state index contributed by atoms with van der Waals surface area (Å²) >= 11 is 0. The average molecular weight is 365 g/mol. The quantitative estimate of drug-likeness (QED) is 0.753. The molecule has 1 aliphatic heterocycles. The van der Waals surface area contributed by atoms with E-state index in [1.807, 2.05) is 51.1 Å². The molecule has 27 heavy (non-hydrogen) atoms. The lowest BCUT2D eigenvalue weighted by Gasteiger charge is -2.28. The number of cyclic esters (lactones) is 1. The number of carbonyl (C=O) groups is 1. The Hall–Kier alpha value is -2.84. The summed E-state index contributed by atoms with van der Waals surface area (Å²) in [6.45, 7) is 5.92. The number of hydrogen-bond acceptors (Lipinski definition) is 5. The van der Waals surface area contributed by atoms with Crippen LogP contribution in [0.25, 0.3) is 0 Å². The molecule has 2 aromatic rings. The van der Waals surface area contributed by atoms with Gasteiger partial charge in [-0.3, -0.25) is 0 Å². The van der Waals surface area contributed by atoms with Gasteiger partial charge in [-0.1, -0.05) is 51.1 Å². The molecule has 1 saturated heterocycles. The van der Waals surface area contributed by atoms with Crippen LogP contribution in [0.2, 0.25) is 0 Å².